The lowest BCUT2D eigenvalue weighted by molar-refractivity contribution is 0.0534. The predicted molar refractivity (Wildman–Crippen MR) is 82.3 cm³/mol. The van der Waals surface area contributed by atoms with Gasteiger partial charge in [-0.25, -0.2) is 8.42 Å². The molecule has 122 valence electrons. The van der Waals surface area contributed by atoms with Crippen LogP contribution in [0.4, 0.5) is 5.69 Å². The number of anilines is 1. The number of carbonyl (C=O) groups is 1. The molecule has 1 aromatic carbocycles. The van der Waals surface area contributed by atoms with E-state index in [0.29, 0.717) is 24.4 Å². The number of ether oxygens (including phenoxy) is 1. The Kier molecular flexibility index (Phi) is 5.38. The minimum atomic E-state index is -3.33. The van der Waals surface area contributed by atoms with Crippen LogP contribution in [0.15, 0.2) is 24.3 Å². The highest BCUT2D eigenvalue weighted by Gasteiger charge is 2.22. The van der Waals surface area contributed by atoms with Gasteiger partial charge in [0.1, 0.15) is 0 Å². The number of carbonyl (C=O) groups excluding carboxylic acids is 1. The maximum Gasteiger partial charge on any atom is 0.254 e. The molecule has 0 aromatic heterocycles. The normalized spacial score (nSPS) is 19.5. The fraction of sp³-hybridized carbons (Fsp3) is 0.500. The molecule has 0 aliphatic carbocycles. The molecular formula is C14H20N2O5S. The molecule has 22 heavy (non-hydrogen) atoms. The van der Waals surface area contributed by atoms with E-state index in [1.807, 2.05) is 0 Å². The molecule has 1 unspecified atom stereocenters. The van der Waals surface area contributed by atoms with Gasteiger partial charge in [-0.2, -0.15) is 0 Å². The van der Waals surface area contributed by atoms with Crippen LogP contribution >= 0.6 is 0 Å². The highest BCUT2D eigenvalue weighted by Crippen LogP contribution is 2.14. The van der Waals surface area contributed by atoms with E-state index in [-0.39, 0.29) is 24.8 Å². The number of aliphatic hydroxyl groups is 1. The van der Waals surface area contributed by atoms with Crippen LogP contribution in [0.5, 0.6) is 0 Å². The number of nitrogens with one attached hydrogen (secondary N) is 1. The fourth-order valence-electron chi connectivity index (χ4n) is 2.09. The summed E-state index contributed by atoms with van der Waals surface area (Å²) in [5, 5.41) is 9.66. The predicted octanol–water partition coefficient (Wildman–Crippen LogP) is 0.282. The Morgan fingerprint density at radius 2 is 2.09 bits per heavy atom. The number of nitrogens with zero attached hydrogens (tertiary/aromatic N) is 1. The lowest BCUT2D eigenvalue weighted by Crippen LogP contribution is -2.37. The van der Waals surface area contributed by atoms with Crippen molar-refractivity contribution in [2.45, 2.75) is 13.0 Å². The zero-order chi connectivity index (χ0) is 16.2. The summed E-state index contributed by atoms with van der Waals surface area (Å²) in [6, 6.07) is 6.22. The number of sulfonamides is 1. The van der Waals surface area contributed by atoms with Crippen molar-refractivity contribution in [1.82, 2.24) is 4.90 Å². The third-order valence-corrected chi connectivity index (χ3v) is 4.63. The van der Waals surface area contributed by atoms with Crippen LogP contribution < -0.4 is 4.72 Å². The number of hydrogen-bond acceptors (Lipinski definition) is 5. The van der Waals surface area contributed by atoms with Crippen LogP contribution in [0.2, 0.25) is 0 Å². The van der Waals surface area contributed by atoms with Crippen LogP contribution in [0.25, 0.3) is 0 Å². The molecule has 0 saturated carbocycles. The number of aliphatic hydroxyl groups excluding tert-OH is 1. The molecule has 1 amide bonds. The van der Waals surface area contributed by atoms with Gasteiger partial charge in [-0.1, -0.05) is 0 Å². The van der Waals surface area contributed by atoms with E-state index < -0.39 is 16.1 Å². The molecule has 1 fully saturated rings. The van der Waals surface area contributed by atoms with Crippen molar-refractivity contribution in [3.63, 3.8) is 0 Å². The van der Waals surface area contributed by atoms with E-state index in [4.69, 9.17) is 4.74 Å². The molecule has 1 saturated heterocycles. The molecule has 0 spiro atoms. The summed E-state index contributed by atoms with van der Waals surface area (Å²) in [6.07, 6.45) is -0.693. The summed E-state index contributed by atoms with van der Waals surface area (Å²) in [4.78, 5) is 13.9. The largest absolute Gasteiger partial charge is 0.389 e. The summed E-state index contributed by atoms with van der Waals surface area (Å²) in [6.45, 7) is 2.80. The molecule has 8 heteroatoms. The fourth-order valence-corrected chi connectivity index (χ4v) is 2.73. The number of hydrogen-bond donors (Lipinski definition) is 2. The molecule has 0 bridgehead atoms. The summed E-state index contributed by atoms with van der Waals surface area (Å²) < 4.78 is 30.6. The smallest absolute Gasteiger partial charge is 0.254 e. The monoisotopic (exact) mass is 328 g/mol. The van der Waals surface area contributed by atoms with Gasteiger partial charge in [0.2, 0.25) is 10.0 Å². The van der Waals surface area contributed by atoms with E-state index in [9.17, 15) is 18.3 Å². The first-order valence-corrected chi connectivity index (χ1v) is 8.72. The van der Waals surface area contributed by atoms with E-state index >= 15 is 0 Å². The second-order valence-electron chi connectivity index (χ2n) is 5.06. The minimum absolute atomic E-state index is 0.0145. The van der Waals surface area contributed by atoms with Gasteiger partial charge >= 0.3 is 0 Å². The molecule has 0 radical (unpaired) electrons. The Bertz CT molecular complexity index is 615. The Hall–Kier alpha value is -1.64. The van der Waals surface area contributed by atoms with Crippen molar-refractivity contribution in [2.75, 3.05) is 36.8 Å². The molecule has 1 aromatic rings. The van der Waals surface area contributed by atoms with Crippen molar-refractivity contribution < 1.29 is 23.1 Å². The number of amides is 1. The molecule has 2 rings (SSSR count). The van der Waals surface area contributed by atoms with Gasteiger partial charge in [-0.3, -0.25) is 9.52 Å². The van der Waals surface area contributed by atoms with E-state index in [1.54, 1.807) is 31.2 Å². The van der Waals surface area contributed by atoms with E-state index in [2.05, 4.69) is 4.72 Å². The van der Waals surface area contributed by atoms with E-state index in [1.165, 1.54) is 4.90 Å². The van der Waals surface area contributed by atoms with Gasteiger partial charge in [0, 0.05) is 24.3 Å². The average Bonchev–Trinajstić information content (AvgIpc) is 2.71. The Morgan fingerprint density at radius 1 is 1.41 bits per heavy atom. The van der Waals surface area contributed by atoms with Gasteiger partial charge in [-0.05, 0) is 31.2 Å². The van der Waals surface area contributed by atoms with Crippen LogP contribution in [0, 0.1) is 0 Å². The topological polar surface area (TPSA) is 95.9 Å². The van der Waals surface area contributed by atoms with Gasteiger partial charge in [-0.15, -0.1) is 0 Å². The first-order valence-electron chi connectivity index (χ1n) is 7.07. The molecule has 1 heterocycles. The Balaban J connectivity index is 2.07. The van der Waals surface area contributed by atoms with Crippen molar-refractivity contribution in [3.05, 3.63) is 29.8 Å². The van der Waals surface area contributed by atoms with Gasteiger partial charge in [0.25, 0.3) is 5.91 Å². The lowest BCUT2D eigenvalue weighted by Gasteiger charge is -2.21. The minimum Gasteiger partial charge on any atom is -0.389 e. The maximum absolute atomic E-state index is 12.4. The molecular weight excluding hydrogens is 308 g/mol. The van der Waals surface area contributed by atoms with Crippen molar-refractivity contribution in [2.24, 2.45) is 0 Å². The summed E-state index contributed by atoms with van der Waals surface area (Å²) in [5.41, 5.74) is 0.853. The van der Waals surface area contributed by atoms with Crippen LogP contribution in [0.3, 0.4) is 0 Å². The molecule has 2 N–H and O–H groups in total. The molecule has 1 atom stereocenters. The highest BCUT2D eigenvalue weighted by molar-refractivity contribution is 7.92. The number of β-amino-alcohol motifs (C(OH)–C–C–N with tert-alkyl or cyclic N) is 1. The van der Waals surface area contributed by atoms with Crippen LogP contribution in [-0.4, -0.2) is 62.5 Å². The first kappa shape index (κ1) is 16.7. The first-order chi connectivity index (χ1) is 10.4. The summed E-state index contributed by atoms with van der Waals surface area (Å²) in [7, 11) is -3.33. The van der Waals surface area contributed by atoms with Crippen LogP contribution in [-0.2, 0) is 14.8 Å². The van der Waals surface area contributed by atoms with Gasteiger partial charge in [0.05, 0.1) is 25.1 Å². The standard InChI is InChI=1S/C14H20N2O5S/c1-2-22(19,20)15-12-5-3-11(4-6-12)14(18)16-7-8-21-10-13(17)9-16/h3-6,13,15,17H,2,7-10H2,1H3. The molecule has 1 aliphatic heterocycles. The SMILES string of the molecule is CCS(=O)(=O)Nc1ccc(C(=O)N2CCOCC(O)C2)cc1. The lowest BCUT2D eigenvalue weighted by atomic mass is 10.1. The zero-order valence-electron chi connectivity index (χ0n) is 12.4. The molecule has 7 nitrogen and oxygen atoms in total. The van der Waals surface area contributed by atoms with E-state index in [0.717, 1.165) is 0 Å². The summed E-state index contributed by atoms with van der Waals surface area (Å²) in [5.74, 6) is -0.228. The maximum atomic E-state index is 12.4. The number of benzene rings is 1. The number of rotatable bonds is 4. The second kappa shape index (κ2) is 7.08. The highest BCUT2D eigenvalue weighted by atomic mass is 32.2. The summed E-state index contributed by atoms with van der Waals surface area (Å²) >= 11 is 0. The second-order valence-corrected chi connectivity index (χ2v) is 7.07. The Morgan fingerprint density at radius 3 is 2.73 bits per heavy atom. The quantitative estimate of drug-likeness (QED) is 0.828. The van der Waals surface area contributed by atoms with Gasteiger partial charge in [0.15, 0.2) is 0 Å². The zero-order valence-corrected chi connectivity index (χ0v) is 13.2. The van der Waals surface area contributed by atoms with Crippen molar-refractivity contribution >= 4 is 21.6 Å². The third-order valence-electron chi connectivity index (χ3n) is 3.32. The third kappa shape index (κ3) is 4.43. The van der Waals surface area contributed by atoms with Crippen molar-refractivity contribution in [3.8, 4) is 0 Å². The van der Waals surface area contributed by atoms with Crippen molar-refractivity contribution in [1.29, 1.82) is 0 Å². The average molecular weight is 328 g/mol. The Labute approximate surface area is 129 Å². The molecule has 1 aliphatic rings. The van der Waals surface area contributed by atoms with Crippen LogP contribution in [0.1, 0.15) is 17.3 Å². The van der Waals surface area contributed by atoms with Gasteiger partial charge < -0.3 is 14.7 Å².